The second-order valence-corrected chi connectivity index (χ2v) is 2.62. The zero-order valence-corrected chi connectivity index (χ0v) is 6.78. The van der Waals surface area contributed by atoms with E-state index in [4.69, 9.17) is 5.21 Å². The van der Waals surface area contributed by atoms with Crippen LogP contribution in [0.4, 0.5) is 8.78 Å². The molecule has 1 aliphatic heterocycles. The first-order valence-corrected chi connectivity index (χ1v) is 3.68. The molecular formula is C8H5F2NO3. The minimum Gasteiger partial charge on any atom is -0.411 e. The minimum atomic E-state index is -3.61. The lowest BCUT2D eigenvalue weighted by Crippen LogP contribution is -2.25. The number of benzene rings is 1. The molecule has 0 aliphatic carbocycles. The lowest BCUT2D eigenvalue weighted by atomic mass is 10.2. The van der Waals surface area contributed by atoms with Gasteiger partial charge >= 0.3 is 6.29 Å². The lowest BCUT2D eigenvalue weighted by Gasteiger charge is -2.04. The second-order valence-electron chi connectivity index (χ2n) is 2.62. The smallest absolute Gasteiger partial charge is 0.411 e. The van der Waals surface area contributed by atoms with E-state index in [-0.39, 0.29) is 11.5 Å². The molecule has 0 saturated heterocycles. The fourth-order valence-electron chi connectivity index (χ4n) is 1.11. The normalized spacial score (nSPS) is 17.6. The average molecular weight is 201 g/mol. The van der Waals surface area contributed by atoms with Gasteiger partial charge in [-0.2, -0.15) is 0 Å². The summed E-state index contributed by atoms with van der Waals surface area (Å²) in [5.74, 6) is -0.113. The highest BCUT2D eigenvalue weighted by Gasteiger charge is 2.43. The van der Waals surface area contributed by atoms with Crippen LogP contribution in [0.5, 0.6) is 11.5 Å². The SMILES string of the molecule is O/N=C/c1ccc2c(c1)OC(F)(F)O2. The van der Waals surface area contributed by atoms with Gasteiger partial charge in [-0.1, -0.05) is 5.16 Å². The quantitative estimate of drug-likeness (QED) is 0.428. The Morgan fingerprint density at radius 1 is 1.29 bits per heavy atom. The van der Waals surface area contributed by atoms with Crippen molar-refractivity contribution in [2.75, 3.05) is 0 Å². The van der Waals surface area contributed by atoms with Crippen molar-refractivity contribution in [2.45, 2.75) is 6.29 Å². The number of rotatable bonds is 1. The van der Waals surface area contributed by atoms with Gasteiger partial charge in [0.2, 0.25) is 0 Å². The highest BCUT2D eigenvalue weighted by atomic mass is 19.3. The topological polar surface area (TPSA) is 51.1 Å². The largest absolute Gasteiger partial charge is 0.586 e. The molecule has 1 aromatic rings. The zero-order valence-electron chi connectivity index (χ0n) is 6.78. The Bertz CT molecular complexity index is 392. The molecule has 6 heteroatoms. The summed E-state index contributed by atoms with van der Waals surface area (Å²) in [5, 5.41) is 11.0. The summed E-state index contributed by atoms with van der Waals surface area (Å²) in [5.41, 5.74) is 0.438. The van der Waals surface area contributed by atoms with Gasteiger partial charge in [-0.05, 0) is 18.2 Å². The average Bonchev–Trinajstić information content (AvgIpc) is 2.38. The van der Waals surface area contributed by atoms with Crippen molar-refractivity contribution in [3.8, 4) is 11.5 Å². The Labute approximate surface area is 77.4 Å². The van der Waals surface area contributed by atoms with Gasteiger partial charge in [0.05, 0.1) is 6.21 Å². The van der Waals surface area contributed by atoms with Crippen molar-refractivity contribution >= 4 is 6.21 Å². The van der Waals surface area contributed by atoms with E-state index in [1.165, 1.54) is 18.2 Å². The summed E-state index contributed by atoms with van der Waals surface area (Å²) >= 11 is 0. The highest BCUT2D eigenvalue weighted by Crippen LogP contribution is 2.40. The van der Waals surface area contributed by atoms with Crippen molar-refractivity contribution in [1.29, 1.82) is 0 Å². The van der Waals surface area contributed by atoms with E-state index in [1.807, 2.05) is 0 Å². The van der Waals surface area contributed by atoms with Crippen LogP contribution >= 0.6 is 0 Å². The Kier molecular flexibility index (Phi) is 1.77. The lowest BCUT2D eigenvalue weighted by molar-refractivity contribution is -0.286. The van der Waals surface area contributed by atoms with Crippen LogP contribution in [0, 0.1) is 0 Å². The predicted molar refractivity (Wildman–Crippen MR) is 42.0 cm³/mol. The molecule has 0 fully saturated rings. The Hall–Kier alpha value is -1.85. The fourth-order valence-corrected chi connectivity index (χ4v) is 1.11. The fraction of sp³-hybridized carbons (Fsp3) is 0.125. The highest BCUT2D eigenvalue weighted by molar-refractivity contribution is 5.80. The molecule has 14 heavy (non-hydrogen) atoms. The van der Waals surface area contributed by atoms with Crippen molar-refractivity contribution in [3.05, 3.63) is 23.8 Å². The number of halogens is 2. The molecule has 0 aromatic heterocycles. The molecule has 0 bridgehead atoms. The van der Waals surface area contributed by atoms with Crippen LogP contribution in [0.2, 0.25) is 0 Å². The molecule has 0 amide bonds. The van der Waals surface area contributed by atoms with Crippen LogP contribution in [0.15, 0.2) is 23.4 Å². The summed E-state index contributed by atoms with van der Waals surface area (Å²) in [6, 6.07) is 4.06. The van der Waals surface area contributed by atoms with E-state index >= 15 is 0 Å². The number of hydrogen-bond acceptors (Lipinski definition) is 4. The van der Waals surface area contributed by atoms with Gasteiger partial charge in [-0.3, -0.25) is 0 Å². The Balaban J connectivity index is 2.35. The Morgan fingerprint density at radius 2 is 2.00 bits per heavy atom. The summed E-state index contributed by atoms with van der Waals surface area (Å²) in [4.78, 5) is 0. The molecule has 1 N–H and O–H groups in total. The summed E-state index contributed by atoms with van der Waals surface area (Å²) in [6.07, 6.45) is -2.52. The van der Waals surface area contributed by atoms with Crippen molar-refractivity contribution < 1.29 is 23.5 Å². The molecule has 1 heterocycles. The maximum atomic E-state index is 12.5. The van der Waals surface area contributed by atoms with Gasteiger partial charge in [-0.25, -0.2) is 0 Å². The van der Waals surface area contributed by atoms with Gasteiger partial charge in [-0.15, -0.1) is 8.78 Å². The van der Waals surface area contributed by atoms with E-state index in [9.17, 15) is 8.78 Å². The van der Waals surface area contributed by atoms with E-state index in [2.05, 4.69) is 14.6 Å². The first-order chi connectivity index (χ1) is 6.61. The molecule has 0 atom stereocenters. The first kappa shape index (κ1) is 8.74. The number of nitrogens with zero attached hydrogens (tertiary/aromatic N) is 1. The van der Waals surface area contributed by atoms with Gasteiger partial charge < -0.3 is 14.7 Å². The van der Waals surface area contributed by atoms with Crippen LogP contribution in [-0.2, 0) is 0 Å². The third-order valence-electron chi connectivity index (χ3n) is 1.63. The van der Waals surface area contributed by atoms with Crippen molar-refractivity contribution in [1.82, 2.24) is 0 Å². The summed E-state index contributed by atoms with van der Waals surface area (Å²) in [7, 11) is 0. The molecule has 1 aromatic carbocycles. The molecule has 0 spiro atoms. The molecule has 4 nitrogen and oxygen atoms in total. The Morgan fingerprint density at radius 3 is 2.71 bits per heavy atom. The van der Waals surface area contributed by atoms with Crippen LogP contribution in [0.1, 0.15) is 5.56 Å². The van der Waals surface area contributed by atoms with Gasteiger partial charge in [0.1, 0.15) is 0 Å². The molecule has 2 rings (SSSR count). The zero-order chi connectivity index (χ0) is 10.2. The monoisotopic (exact) mass is 201 g/mol. The standard InChI is InChI=1S/C8H5F2NO3/c9-8(10)13-6-2-1-5(4-11-12)3-7(6)14-8/h1-4,12H/b11-4+. The van der Waals surface area contributed by atoms with E-state index in [1.54, 1.807) is 0 Å². The number of ether oxygens (including phenoxy) is 2. The van der Waals surface area contributed by atoms with E-state index in [0.717, 1.165) is 6.21 Å². The second kappa shape index (κ2) is 2.83. The predicted octanol–water partition coefficient (Wildman–Crippen LogP) is 1.82. The van der Waals surface area contributed by atoms with Crippen molar-refractivity contribution in [3.63, 3.8) is 0 Å². The number of alkyl halides is 2. The molecule has 1 aliphatic rings. The van der Waals surface area contributed by atoms with Crippen molar-refractivity contribution in [2.24, 2.45) is 5.16 Å². The molecular weight excluding hydrogens is 196 g/mol. The number of hydrogen-bond donors (Lipinski definition) is 1. The molecule has 0 radical (unpaired) electrons. The van der Waals surface area contributed by atoms with Crippen LogP contribution in [-0.4, -0.2) is 17.7 Å². The van der Waals surface area contributed by atoms with Crippen LogP contribution in [0.3, 0.4) is 0 Å². The number of fused-ring (bicyclic) bond motifs is 1. The van der Waals surface area contributed by atoms with Gasteiger partial charge in [0.25, 0.3) is 0 Å². The van der Waals surface area contributed by atoms with Gasteiger partial charge in [0, 0.05) is 5.56 Å². The summed E-state index contributed by atoms with van der Waals surface area (Å²) in [6.45, 7) is 0. The maximum absolute atomic E-state index is 12.5. The van der Waals surface area contributed by atoms with Gasteiger partial charge in [0.15, 0.2) is 11.5 Å². The first-order valence-electron chi connectivity index (χ1n) is 3.68. The van der Waals surface area contributed by atoms with Crippen LogP contribution < -0.4 is 9.47 Å². The third kappa shape index (κ3) is 1.46. The molecule has 74 valence electrons. The molecule has 0 unspecified atom stereocenters. The maximum Gasteiger partial charge on any atom is 0.586 e. The molecule has 0 saturated carbocycles. The summed E-state index contributed by atoms with van der Waals surface area (Å²) < 4.78 is 33.4. The third-order valence-corrected chi connectivity index (χ3v) is 1.63. The minimum absolute atomic E-state index is 0.0370. The van der Waals surface area contributed by atoms with E-state index in [0.29, 0.717) is 5.56 Å². The number of oxime groups is 1. The van der Waals surface area contributed by atoms with E-state index < -0.39 is 6.29 Å². The van der Waals surface area contributed by atoms with Crippen LogP contribution in [0.25, 0.3) is 0 Å².